The Morgan fingerprint density at radius 2 is 1.42 bits per heavy atom. The van der Waals surface area contributed by atoms with Crippen molar-refractivity contribution >= 4 is 0 Å². The Bertz CT molecular complexity index is 1130. The van der Waals surface area contributed by atoms with Crippen molar-refractivity contribution in [3.05, 3.63) is 96.8 Å². The molecule has 0 aliphatic rings. The number of nitrogens with zero attached hydrogens (tertiary/aromatic N) is 1. The highest BCUT2D eigenvalue weighted by atomic mass is 16.5. The minimum absolute atomic E-state index is 0.672. The van der Waals surface area contributed by atoms with Gasteiger partial charge >= 0.3 is 0 Å². The minimum atomic E-state index is 0.672. The third-order valence-electron chi connectivity index (χ3n) is 6.00. The number of likely N-dealkylation sites (N-methyl/N-ethyl adjacent to an activating group) is 1. The SMILES string of the molecule is COc1ccc(CC[N+](C)(C)CCOc2ccc(-c3occc3-c3ccccc3)cc2)cc1. The van der Waals surface area contributed by atoms with Crippen LogP contribution in [0.4, 0.5) is 0 Å². The number of methoxy groups -OCH3 is 1. The molecule has 3 aromatic carbocycles. The fourth-order valence-corrected chi connectivity index (χ4v) is 3.83. The van der Waals surface area contributed by atoms with E-state index in [1.165, 1.54) is 5.56 Å². The van der Waals surface area contributed by atoms with Gasteiger partial charge in [-0.15, -0.1) is 0 Å². The lowest BCUT2D eigenvalue weighted by Gasteiger charge is -2.29. The van der Waals surface area contributed by atoms with Crippen LogP contribution in [0.3, 0.4) is 0 Å². The van der Waals surface area contributed by atoms with Crippen LogP contribution < -0.4 is 9.47 Å². The Hall–Kier alpha value is -3.50. The van der Waals surface area contributed by atoms with Gasteiger partial charge in [0.05, 0.1) is 34.0 Å². The normalized spacial score (nSPS) is 11.4. The molecule has 1 aromatic heterocycles. The Kier molecular flexibility index (Phi) is 7.16. The minimum Gasteiger partial charge on any atom is -0.497 e. The van der Waals surface area contributed by atoms with Crippen LogP contribution in [-0.2, 0) is 6.42 Å². The summed E-state index contributed by atoms with van der Waals surface area (Å²) in [5, 5.41) is 0. The second-order valence-corrected chi connectivity index (χ2v) is 8.88. The lowest BCUT2D eigenvalue weighted by Crippen LogP contribution is -2.44. The Morgan fingerprint density at radius 3 is 2.12 bits per heavy atom. The predicted molar refractivity (Wildman–Crippen MR) is 134 cm³/mol. The van der Waals surface area contributed by atoms with Crippen molar-refractivity contribution in [1.29, 1.82) is 0 Å². The van der Waals surface area contributed by atoms with Crippen LogP contribution in [-0.4, -0.2) is 45.4 Å². The van der Waals surface area contributed by atoms with E-state index >= 15 is 0 Å². The van der Waals surface area contributed by atoms with Gasteiger partial charge < -0.3 is 18.4 Å². The van der Waals surface area contributed by atoms with Gasteiger partial charge in [-0.05, 0) is 53.6 Å². The lowest BCUT2D eigenvalue weighted by molar-refractivity contribution is -0.890. The van der Waals surface area contributed by atoms with Crippen LogP contribution in [0.25, 0.3) is 22.5 Å². The molecule has 0 aliphatic heterocycles. The van der Waals surface area contributed by atoms with E-state index in [1.54, 1.807) is 13.4 Å². The van der Waals surface area contributed by atoms with E-state index in [4.69, 9.17) is 13.9 Å². The number of furan rings is 1. The first-order valence-corrected chi connectivity index (χ1v) is 11.4. The fraction of sp³-hybridized carbons (Fsp3) is 0.241. The third-order valence-corrected chi connectivity index (χ3v) is 6.00. The van der Waals surface area contributed by atoms with E-state index in [2.05, 4.69) is 50.5 Å². The van der Waals surface area contributed by atoms with E-state index in [0.717, 1.165) is 57.9 Å². The zero-order valence-corrected chi connectivity index (χ0v) is 19.7. The topological polar surface area (TPSA) is 31.6 Å². The molecular formula is C29H32NO3+. The zero-order chi connectivity index (χ0) is 23.1. The second kappa shape index (κ2) is 10.4. The fourth-order valence-electron chi connectivity index (χ4n) is 3.83. The maximum atomic E-state index is 6.05. The first-order chi connectivity index (χ1) is 16.0. The summed E-state index contributed by atoms with van der Waals surface area (Å²) < 4.78 is 18.0. The maximum absolute atomic E-state index is 6.05. The van der Waals surface area contributed by atoms with Crippen molar-refractivity contribution in [2.24, 2.45) is 0 Å². The highest BCUT2D eigenvalue weighted by Gasteiger charge is 2.16. The molecule has 0 aliphatic carbocycles. The van der Waals surface area contributed by atoms with Gasteiger partial charge in [0.2, 0.25) is 0 Å². The van der Waals surface area contributed by atoms with Gasteiger partial charge in [0.25, 0.3) is 0 Å². The van der Waals surface area contributed by atoms with Gasteiger partial charge in [-0.25, -0.2) is 0 Å². The molecule has 0 amide bonds. The maximum Gasteiger partial charge on any atom is 0.141 e. The van der Waals surface area contributed by atoms with Crippen molar-refractivity contribution < 1.29 is 18.4 Å². The highest BCUT2D eigenvalue weighted by Crippen LogP contribution is 2.33. The molecule has 4 rings (SSSR count). The van der Waals surface area contributed by atoms with Crippen molar-refractivity contribution in [2.75, 3.05) is 40.9 Å². The molecule has 0 saturated heterocycles. The summed E-state index contributed by atoms with van der Waals surface area (Å²) in [6, 6.07) is 28.8. The average molecular weight is 443 g/mol. The third kappa shape index (κ3) is 6.05. The largest absolute Gasteiger partial charge is 0.497 e. The monoisotopic (exact) mass is 442 g/mol. The molecule has 0 N–H and O–H groups in total. The van der Waals surface area contributed by atoms with Crippen LogP contribution in [0.1, 0.15) is 5.56 Å². The lowest BCUT2D eigenvalue weighted by atomic mass is 10.0. The molecule has 33 heavy (non-hydrogen) atoms. The van der Waals surface area contributed by atoms with Crippen molar-refractivity contribution in [3.63, 3.8) is 0 Å². The van der Waals surface area contributed by atoms with Crippen molar-refractivity contribution in [3.8, 4) is 33.9 Å². The van der Waals surface area contributed by atoms with E-state index in [0.29, 0.717) is 6.61 Å². The van der Waals surface area contributed by atoms with Gasteiger partial charge in [-0.3, -0.25) is 0 Å². The zero-order valence-electron chi connectivity index (χ0n) is 19.7. The first kappa shape index (κ1) is 22.7. The van der Waals surface area contributed by atoms with Gasteiger partial charge in [-0.2, -0.15) is 0 Å². The number of rotatable bonds is 10. The second-order valence-electron chi connectivity index (χ2n) is 8.88. The molecule has 4 heteroatoms. The molecule has 1 heterocycles. The van der Waals surface area contributed by atoms with Gasteiger partial charge in [0.1, 0.15) is 30.4 Å². The van der Waals surface area contributed by atoms with Crippen LogP contribution >= 0.6 is 0 Å². The number of benzene rings is 3. The van der Waals surface area contributed by atoms with Crippen LogP contribution in [0, 0.1) is 0 Å². The summed E-state index contributed by atoms with van der Waals surface area (Å²) in [6.07, 6.45) is 2.77. The summed E-state index contributed by atoms with van der Waals surface area (Å²) in [5.41, 5.74) is 4.62. The van der Waals surface area contributed by atoms with E-state index < -0.39 is 0 Å². The predicted octanol–water partition coefficient (Wildman–Crippen LogP) is 6.32. The number of ether oxygens (including phenoxy) is 2. The molecule has 0 radical (unpaired) electrons. The molecule has 0 bridgehead atoms. The van der Waals surface area contributed by atoms with Gasteiger partial charge in [0.15, 0.2) is 0 Å². The van der Waals surface area contributed by atoms with Crippen molar-refractivity contribution in [2.45, 2.75) is 6.42 Å². The molecule has 4 nitrogen and oxygen atoms in total. The summed E-state index contributed by atoms with van der Waals surface area (Å²) in [5.74, 6) is 2.65. The van der Waals surface area contributed by atoms with Crippen LogP contribution in [0.15, 0.2) is 95.6 Å². The molecule has 0 unspecified atom stereocenters. The van der Waals surface area contributed by atoms with E-state index in [9.17, 15) is 0 Å². The summed E-state index contributed by atoms with van der Waals surface area (Å²) in [6.45, 7) is 2.66. The number of quaternary nitrogens is 1. The number of hydrogen-bond donors (Lipinski definition) is 0. The van der Waals surface area contributed by atoms with Gasteiger partial charge in [-0.1, -0.05) is 42.5 Å². The Labute approximate surface area is 196 Å². The van der Waals surface area contributed by atoms with E-state index in [-0.39, 0.29) is 0 Å². The summed E-state index contributed by atoms with van der Waals surface area (Å²) in [7, 11) is 6.19. The summed E-state index contributed by atoms with van der Waals surface area (Å²) in [4.78, 5) is 0. The molecular weight excluding hydrogens is 410 g/mol. The Morgan fingerprint density at radius 1 is 0.727 bits per heavy atom. The van der Waals surface area contributed by atoms with E-state index in [1.807, 2.05) is 48.5 Å². The van der Waals surface area contributed by atoms with Gasteiger partial charge in [0, 0.05) is 17.5 Å². The van der Waals surface area contributed by atoms with Crippen LogP contribution in [0.5, 0.6) is 11.5 Å². The standard InChI is InChI=1S/C29H32NO3/c1-30(2,19-17-23-9-13-26(31-3)14-10-23)20-22-32-27-15-11-25(12-16-27)29-28(18-21-33-29)24-7-5-4-6-8-24/h4-16,18,21H,17,19-20,22H2,1-3H3/q+1. The quantitative estimate of drug-likeness (QED) is 0.269. The molecule has 170 valence electrons. The summed E-state index contributed by atoms with van der Waals surface area (Å²) >= 11 is 0. The number of hydrogen-bond acceptors (Lipinski definition) is 3. The highest BCUT2D eigenvalue weighted by molar-refractivity contribution is 5.79. The molecule has 0 saturated carbocycles. The molecule has 0 spiro atoms. The average Bonchev–Trinajstić information content (AvgIpc) is 3.34. The molecule has 0 atom stereocenters. The molecule has 4 aromatic rings. The first-order valence-electron chi connectivity index (χ1n) is 11.4. The van der Waals surface area contributed by atoms with Crippen LogP contribution in [0.2, 0.25) is 0 Å². The molecule has 0 fully saturated rings. The Balaban J connectivity index is 1.29. The van der Waals surface area contributed by atoms with Crippen molar-refractivity contribution in [1.82, 2.24) is 0 Å². The smallest absolute Gasteiger partial charge is 0.141 e.